The number of carboxylic acids is 1. The summed E-state index contributed by atoms with van der Waals surface area (Å²) in [6, 6.07) is 2.27. The van der Waals surface area contributed by atoms with Gasteiger partial charge in [0.2, 0.25) is 0 Å². The first-order chi connectivity index (χ1) is 8.79. The molecule has 1 unspecified atom stereocenters. The summed E-state index contributed by atoms with van der Waals surface area (Å²) >= 11 is 1.90. The van der Waals surface area contributed by atoms with Gasteiger partial charge < -0.3 is 10.0 Å². The van der Waals surface area contributed by atoms with Crippen LogP contribution in [-0.4, -0.2) is 29.1 Å². The third kappa shape index (κ3) is 3.10. The van der Waals surface area contributed by atoms with Gasteiger partial charge in [0.1, 0.15) is 11.5 Å². The highest BCUT2D eigenvalue weighted by Gasteiger charge is 2.35. The smallest absolute Gasteiger partial charge is 0.433 e. The Morgan fingerprint density at radius 3 is 2.68 bits per heavy atom. The molecule has 1 aliphatic heterocycles. The van der Waals surface area contributed by atoms with E-state index in [1.165, 1.54) is 6.07 Å². The monoisotopic (exact) mass is 386 g/mol. The molecule has 1 saturated heterocycles. The highest BCUT2D eigenvalue weighted by atomic mass is 127. The molecule has 104 valence electrons. The van der Waals surface area contributed by atoms with Gasteiger partial charge in [0, 0.05) is 13.1 Å². The zero-order chi connectivity index (χ0) is 14.2. The molecule has 19 heavy (non-hydrogen) atoms. The Balaban J connectivity index is 2.28. The van der Waals surface area contributed by atoms with Crippen LogP contribution in [-0.2, 0) is 11.0 Å². The van der Waals surface area contributed by atoms with Crippen molar-refractivity contribution >= 4 is 34.4 Å². The third-order valence-electron chi connectivity index (χ3n) is 2.95. The molecule has 1 fully saturated rings. The van der Waals surface area contributed by atoms with Crippen LogP contribution in [0.5, 0.6) is 0 Å². The Labute approximate surface area is 120 Å². The maximum absolute atomic E-state index is 12.6. The van der Waals surface area contributed by atoms with E-state index < -0.39 is 23.8 Å². The first-order valence-electron chi connectivity index (χ1n) is 5.50. The van der Waals surface area contributed by atoms with Gasteiger partial charge in [-0.05, 0) is 41.1 Å². The quantitative estimate of drug-likeness (QED) is 0.795. The normalized spacial score (nSPS) is 19.8. The highest BCUT2D eigenvalue weighted by Crippen LogP contribution is 2.32. The Morgan fingerprint density at radius 2 is 2.16 bits per heavy atom. The van der Waals surface area contributed by atoms with Crippen molar-refractivity contribution in [2.45, 2.75) is 12.6 Å². The van der Waals surface area contributed by atoms with Gasteiger partial charge in [-0.1, -0.05) is 0 Å². The van der Waals surface area contributed by atoms with Crippen molar-refractivity contribution < 1.29 is 23.1 Å². The van der Waals surface area contributed by atoms with Gasteiger partial charge in [0.15, 0.2) is 0 Å². The number of nitrogens with zero attached hydrogens (tertiary/aromatic N) is 2. The van der Waals surface area contributed by atoms with E-state index in [9.17, 15) is 18.0 Å². The molecule has 0 spiro atoms. The minimum atomic E-state index is -4.50. The Bertz CT molecular complexity index is 507. The molecule has 2 heterocycles. The summed E-state index contributed by atoms with van der Waals surface area (Å²) in [5.74, 6) is -1.27. The lowest BCUT2D eigenvalue weighted by Crippen LogP contribution is -2.25. The van der Waals surface area contributed by atoms with Crippen LogP contribution in [0.25, 0.3) is 0 Å². The molecule has 8 heteroatoms. The molecule has 1 N–H and O–H groups in total. The van der Waals surface area contributed by atoms with E-state index in [0.29, 0.717) is 16.5 Å². The summed E-state index contributed by atoms with van der Waals surface area (Å²) in [6.07, 6.45) is -4.08. The number of anilines is 1. The summed E-state index contributed by atoms with van der Waals surface area (Å²) < 4.78 is 38.4. The molecule has 0 saturated carbocycles. The molecule has 4 nitrogen and oxygen atoms in total. The van der Waals surface area contributed by atoms with Gasteiger partial charge in [-0.3, -0.25) is 4.79 Å². The van der Waals surface area contributed by atoms with Crippen molar-refractivity contribution in [2.75, 3.05) is 18.0 Å². The van der Waals surface area contributed by atoms with Gasteiger partial charge in [0.25, 0.3) is 0 Å². The van der Waals surface area contributed by atoms with Gasteiger partial charge >= 0.3 is 12.1 Å². The fourth-order valence-corrected chi connectivity index (χ4v) is 2.61. The van der Waals surface area contributed by atoms with E-state index in [-0.39, 0.29) is 12.4 Å². The maximum Gasteiger partial charge on any atom is 0.433 e. The second kappa shape index (κ2) is 5.14. The van der Waals surface area contributed by atoms with E-state index >= 15 is 0 Å². The number of halogens is 4. The number of aliphatic carboxylic acids is 1. The van der Waals surface area contributed by atoms with Crippen LogP contribution in [0.3, 0.4) is 0 Å². The molecule has 1 aliphatic rings. The van der Waals surface area contributed by atoms with Crippen LogP contribution in [0, 0.1) is 9.49 Å². The topological polar surface area (TPSA) is 53.4 Å². The van der Waals surface area contributed by atoms with Crippen molar-refractivity contribution in [1.82, 2.24) is 4.98 Å². The number of aromatic nitrogens is 1. The predicted molar refractivity (Wildman–Crippen MR) is 69.9 cm³/mol. The molecule has 0 bridgehead atoms. The van der Waals surface area contributed by atoms with Crippen LogP contribution >= 0.6 is 22.6 Å². The van der Waals surface area contributed by atoms with Crippen molar-refractivity contribution in [2.24, 2.45) is 5.92 Å². The summed E-state index contributed by atoms with van der Waals surface area (Å²) in [4.78, 5) is 16.1. The molecule has 0 radical (unpaired) electrons. The molecule has 0 aromatic carbocycles. The maximum atomic E-state index is 12.6. The predicted octanol–water partition coefficient (Wildman–Crippen LogP) is 2.62. The van der Waals surface area contributed by atoms with Crippen LogP contribution < -0.4 is 4.90 Å². The van der Waals surface area contributed by atoms with Crippen molar-refractivity contribution in [3.05, 3.63) is 21.4 Å². The van der Waals surface area contributed by atoms with Crippen molar-refractivity contribution in [1.29, 1.82) is 0 Å². The number of hydrogen-bond donors (Lipinski definition) is 1. The second-order valence-electron chi connectivity index (χ2n) is 4.27. The van der Waals surface area contributed by atoms with Crippen molar-refractivity contribution in [3.63, 3.8) is 0 Å². The second-order valence-corrected chi connectivity index (χ2v) is 5.43. The van der Waals surface area contributed by atoms with Crippen LogP contribution in [0.1, 0.15) is 12.1 Å². The van der Waals surface area contributed by atoms with Crippen LogP contribution in [0.4, 0.5) is 19.0 Å². The molecule has 2 rings (SSSR count). The largest absolute Gasteiger partial charge is 0.481 e. The molecule has 0 aliphatic carbocycles. The fraction of sp³-hybridized carbons (Fsp3) is 0.455. The number of rotatable bonds is 2. The number of carbonyl (C=O) groups is 1. The molecule has 1 aromatic heterocycles. The molecule has 1 aromatic rings. The van der Waals surface area contributed by atoms with Crippen molar-refractivity contribution in [3.8, 4) is 0 Å². The Morgan fingerprint density at radius 1 is 1.47 bits per heavy atom. The lowest BCUT2D eigenvalue weighted by molar-refractivity contribution is -0.142. The van der Waals surface area contributed by atoms with Gasteiger partial charge in [0.05, 0.1) is 9.49 Å². The summed E-state index contributed by atoms with van der Waals surface area (Å²) in [6.45, 7) is 0.598. The van der Waals surface area contributed by atoms with Crippen LogP contribution in [0.2, 0.25) is 0 Å². The summed E-state index contributed by atoms with van der Waals surface area (Å²) in [7, 11) is 0. The van der Waals surface area contributed by atoms with E-state index in [4.69, 9.17) is 5.11 Å². The zero-order valence-corrected chi connectivity index (χ0v) is 11.8. The minimum absolute atomic E-state index is 0.194. The molecule has 1 atom stereocenters. The lowest BCUT2D eigenvalue weighted by atomic mass is 10.1. The standard InChI is InChI=1S/C11H10F3IN2O2/c12-11(13,14)8-2-1-7(15)9(16-8)17-4-3-6(5-17)10(18)19/h1-2,6H,3-5H2,(H,18,19). The van der Waals surface area contributed by atoms with Crippen LogP contribution in [0.15, 0.2) is 12.1 Å². The number of pyridine rings is 1. The Kier molecular flexibility index (Phi) is 3.88. The van der Waals surface area contributed by atoms with Gasteiger partial charge in [-0.2, -0.15) is 13.2 Å². The van der Waals surface area contributed by atoms with Gasteiger partial charge in [-0.15, -0.1) is 0 Å². The lowest BCUT2D eigenvalue weighted by Gasteiger charge is -2.19. The minimum Gasteiger partial charge on any atom is -0.481 e. The number of carboxylic acid groups (broad SMARTS) is 1. The number of hydrogen-bond acceptors (Lipinski definition) is 3. The van der Waals surface area contributed by atoms with E-state index in [1.54, 1.807) is 4.90 Å². The Hall–Kier alpha value is -1.06. The van der Waals surface area contributed by atoms with E-state index in [0.717, 1.165) is 6.07 Å². The first-order valence-corrected chi connectivity index (χ1v) is 6.58. The molecule has 0 amide bonds. The summed E-state index contributed by atoms with van der Waals surface area (Å²) in [5, 5.41) is 8.90. The van der Waals surface area contributed by atoms with E-state index in [1.807, 2.05) is 22.6 Å². The zero-order valence-electron chi connectivity index (χ0n) is 9.62. The SMILES string of the molecule is O=C(O)C1CCN(c2nc(C(F)(F)F)ccc2I)C1. The highest BCUT2D eigenvalue weighted by molar-refractivity contribution is 14.1. The fourth-order valence-electron chi connectivity index (χ4n) is 1.97. The first kappa shape index (κ1) is 14.4. The average Bonchev–Trinajstić information content (AvgIpc) is 2.77. The molecular weight excluding hydrogens is 376 g/mol. The number of alkyl halides is 3. The molecular formula is C11H10F3IN2O2. The van der Waals surface area contributed by atoms with Gasteiger partial charge in [-0.25, -0.2) is 4.98 Å². The summed E-state index contributed by atoms with van der Waals surface area (Å²) in [5.41, 5.74) is -0.957. The third-order valence-corrected chi connectivity index (χ3v) is 3.80. The average molecular weight is 386 g/mol. The van der Waals surface area contributed by atoms with E-state index in [2.05, 4.69) is 4.98 Å².